The van der Waals surface area contributed by atoms with Gasteiger partial charge in [-0.2, -0.15) is 0 Å². The van der Waals surface area contributed by atoms with E-state index in [1.54, 1.807) is 6.08 Å². The van der Waals surface area contributed by atoms with Crippen LogP contribution in [0.15, 0.2) is 71.8 Å². The Kier molecular flexibility index (Phi) is 6.69. The minimum absolute atomic E-state index is 0.0739. The van der Waals surface area contributed by atoms with Crippen LogP contribution in [0.2, 0.25) is 0 Å². The Balaban J connectivity index is 2.24. The fraction of sp³-hybridized carbons (Fsp3) is 0.167. The summed E-state index contributed by atoms with van der Waals surface area (Å²) in [7, 11) is 0. The largest absolute Gasteiger partial charge is 0.573 e. The first kappa shape index (κ1) is 20.9. The molecule has 0 unspecified atom stereocenters. The second-order valence-electron chi connectivity index (χ2n) is 5.40. The van der Waals surface area contributed by atoms with Crippen molar-refractivity contribution in [3.63, 3.8) is 0 Å². The van der Waals surface area contributed by atoms with Gasteiger partial charge < -0.3 is 10.5 Å². The van der Waals surface area contributed by atoms with Crippen LogP contribution < -0.4 is 5.73 Å². The van der Waals surface area contributed by atoms with Gasteiger partial charge in [0.25, 0.3) is 5.91 Å². The molecule has 1 aliphatic rings. The number of nitrogens with zero attached hydrogens (tertiary/aromatic N) is 2. The number of rotatable bonds is 7. The van der Waals surface area contributed by atoms with Crippen molar-refractivity contribution < 1.29 is 27.1 Å². The monoisotopic (exact) mass is 396 g/mol. The lowest BCUT2D eigenvalue weighted by molar-refractivity contribution is -0.303. The Morgan fingerprint density at radius 2 is 2.18 bits per heavy atom. The Morgan fingerprint density at radius 1 is 1.43 bits per heavy atom. The molecule has 0 fully saturated rings. The van der Waals surface area contributed by atoms with Crippen molar-refractivity contribution in [2.45, 2.75) is 19.2 Å². The number of nitrogens with two attached hydrogens (primary N) is 1. The highest BCUT2D eigenvalue weighted by molar-refractivity contribution is 5.88. The third kappa shape index (κ3) is 5.79. The van der Waals surface area contributed by atoms with Gasteiger partial charge in [-0.05, 0) is 18.6 Å². The second kappa shape index (κ2) is 8.98. The van der Waals surface area contributed by atoms with E-state index in [1.807, 2.05) is 0 Å². The zero-order chi connectivity index (χ0) is 20.7. The summed E-state index contributed by atoms with van der Waals surface area (Å²) in [4.78, 5) is 14.7. The van der Waals surface area contributed by atoms with Crippen molar-refractivity contribution in [3.05, 3.63) is 83.5 Å². The number of allylic oxidation sites excluding steroid dienone is 9. The van der Waals surface area contributed by atoms with E-state index in [1.165, 1.54) is 18.2 Å². The molecule has 0 saturated heterocycles. The highest BCUT2D eigenvalue weighted by Crippen LogP contribution is 2.32. The maximum Gasteiger partial charge on any atom is 0.573 e. The van der Waals surface area contributed by atoms with Crippen molar-refractivity contribution in [1.82, 2.24) is 15.2 Å². The number of amides is 1. The van der Waals surface area contributed by atoms with Gasteiger partial charge in [-0.3, -0.25) is 9.89 Å². The molecule has 0 radical (unpaired) electrons. The number of carbonyl (C=O) groups is 1. The molecule has 0 saturated carbocycles. The molecule has 28 heavy (non-hydrogen) atoms. The van der Waals surface area contributed by atoms with Crippen LogP contribution in [0.25, 0.3) is 0 Å². The summed E-state index contributed by atoms with van der Waals surface area (Å²) >= 11 is 0. The predicted molar refractivity (Wildman–Crippen MR) is 93.1 cm³/mol. The lowest BCUT2D eigenvalue weighted by atomic mass is 10.0. The van der Waals surface area contributed by atoms with E-state index in [0.717, 1.165) is 18.2 Å². The van der Waals surface area contributed by atoms with Crippen LogP contribution in [0.4, 0.5) is 17.6 Å². The van der Waals surface area contributed by atoms with Crippen LogP contribution in [0.3, 0.4) is 0 Å². The quantitative estimate of drug-likeness (QED) is 0.543. The van der Waals surface area contributed by atoms with Gasteiger partial charge in [-0.1, -0.05) is 37.0 Å². The number of halogens is 4. The summed E-state index contributed by atoms with van der Waals surface area (Å²) in [5.41, 5.74) is 4.79. The Bertz CT molecular complexity index is 905. The van der Waals surface area contributed by atoms with E-state index in [9.17, 15) is 22.4 Å². The molecule has 1 aromatic rings. The first-order valence-electron chi connectivity index (χ1n) is 7.94. The molecular formula is C18H16F4N4O2. The molecule has 2 rings (SSSR count). The molecule has 10 heteroatoms. The normalized spacial score (nSPS) is 15.6. The van der Waals surface area contributed by atoms with Crippen LogP contribution in [0.5, 0.6) is 0 Å². The number of H-pyrrole nitrogens is 1. The first-order chi connectivity index (χ1) is 13.2. The maximum absolute atomic E-state index is 14.6. The molecule has 0 aromatic carbocycles. The molecule has 1 heterocycles. The standard InChI is InChI=1S/C18H16F4N4O2/c1-2-11(12-7-4-3-5-9-14(12)28-18(20,21)22)13(19)8-6-10-15-24-17(16(23)27)26-25-15/h2-3,5-9H,1,4,10H2,(H2,23,27)(H,24,25,26)/b8-6-,13-11-. The molecule has 0 atom stereocenters. The topological polar surface area (TPSA) is 93.9 Å². The summed E-state index contributed by atoms with van der Waals surface area (Å²) < 4.78 is 56.6. The fourth-order valence-electron chi connectivity index (χ4n) is 2.26. The van der Waals surface area contributed by atoms with E-state index in [2.05, 4.69) is 26.5 Å². The highest BCUT2D eigenvalue weighted by Gasteiger charge is 2.33. The average Bonchev–Trinajstić information content (AvgIpc) is 2.97. The van der Waals surface area contributed by atoms with Gasteiger partial charge in [0.2, 0.25) is 5.82 Å². The van der Waals surface area contributed by atoms with E-state index in [0.29, 0.717) is 6.42 Å². The molecule has 1 amide bonds. The second-order valence-corrected chi connectivity index (χ2v) is 5.40. The molecule has 0 bridgehead atoms. The lowest BCUT2D eigenvalue weighted by Crippen LogP contribution is -2.14. The predicted octanol–water partition coefficient (Wildman–Crippen LogP) is 3.72. The molecular weight excluding hydrogens is 380 g/mol. The van der Waals surface area contributed by atoms with Crippen molar-refractivity contribution in [2.24, 2.45) is 5.73 Å². The van der Waals surface area contributed by atoms with Gasteiger partial charge in [0.1, 0.15) is 17.4 Å². The van der Waals surface area contributed by atoms with Gasteiger partial charge in [-0.15, -0.1) is 18.3 Å². The molecule has 148 valence electrons. The van der Waals surface area contributed by atoms with Crippen LogP contribution in [0.1, 0.15) is 22.9 Å². The minimum Gasteiger partial charge on any atom is -0.405 e. The maximum atomic E-state index is 14.6. The summed E-state index contributed by atoms with van der Waals surface area (Å²) in [5, 5.41) is 6.04. The lowest BCUT2D eigenvalue weighted by Gasteiger charge is -2.16. The van der Waals surface area contributed by atoms with Gasteiger partial charge in [0, 0.05) is 17.6 Å². The number of carbonyl (C=O) groups excluding carboxylic acids is 1. The SMILES string of the molecule is C=C/C(C1=CCC=CC=C1OC(F)(F)F)=C(F)\C=C/Cc1nc(C(N)=O)n[nH]1. The number of primary amides is 1. The number of alkyl halides is 3. The number of nitrogens with one attached hydrogen (secondary N) is 1. The van der Waals surface area contributed by atoms with E-state index >= 15 is 0 Å². The molecule has 0 aliphatic heterocycles. The van der Waals surface area contributed by atoms with Gasteiger partial charge >= 0.3 is 6.36 Å². The van der Waals surface area contributed by atoms with Crippen molar-refractivity contribution >= 4 is 5.91 Å². The number of aromatic amines is 1. The van der Waals surface area contributed by atoms with Gasteiger partial charge in [-0.25, -0.2) is 9.37 Å². The van der Waals surface area contributed by atoms with Crippen LogP contribution in [0, 0.1) is 0 Å². The highest BCUT2D eigenvalue weighted by atomic mass is 19.4. The molecule has 6 nitrogen and oxygen atoms in total. The number of ether oxygens (including phenoxy) is 1. The Hall–Kier alpha value is -3.43. The van der Waals surface area contributed by atoms with Crippen molar-refractivity contribution in [1.29, 1.82) is 0 Å². The number of aromatic nitrogens is 3. The smallest absolute Gasteiger partial charge is 0.405 e. The molecule has 1 aliphatic carbocycles. The van der Waals surface area contributed by atoms with Crippen molar-refractivity contribution in [3.8, 4) is 0 Å². The fourth-order valence-corrected chi connectivity index (χ4v) is 2.26. The zero-order valence-corrected chi connectivity index (χ0v) is 14.5. The third-order valence-electron chi connectivity index (χ3n) is 3.41. The third-order valence-corrected chi connectivity index (χ3v) is 3.41. The first-order valence-corrected chi connectivity index (χ1v) is 7.94. The Morgan fingerprint density at radius 3 is 2.79 bits per heavy atom. The Labute approximate surface area is 157 Å². The van der Waals surface area contributed by atoms with Crippen LogP contribution >= 0.6 is 0 Å². The summed E-state index contributed by atoms with van der Waals surface area (Å²) in [6.07, 6.45) is 4.45. The number of hydrogen-bond acceptors (Lipinski definition) is 4. The van der Waals surface area contributed by atoms with Crippen molar-refractivity contribution in [2.75, 3.05) is 0 Å². The molecule has 3 N–H and O–H groups in total. The zero-order valence-electron chi connectivity index (χ0n) is 14.5. The van der Waals surface area contributed by atoms with Crippen LogP contribution in [-0.4, -0.2) is 27.5 Å². The van der Waals surface area contributed by atoms with Gasteiger partial charge in [0.05, 0.1) is 0 Å². The number of hydrogen-bond donors (Lipinski definition) is 2. The molecule has 0 spiro atoms. The van der Waals surface area contributed by atoms with Gasteiger partial charge in [0.15, 0.2) is 0 Å². The van der Waals surface area contributed by atoms with E-state index in [4.69, 9.17) is 5.73 Å². The summed E-state index contributed by atoms with van der Waals surface area (Å²) in [6, 6.07) is 0. The average molecular weight is 396 g/mol. The van der Waals surface area contributed by atoms with Crippen LogP contribution in [-0.2, 0) is 11.2 Å². The summed E-state index contributed by atoms with van der Waals surface area (Å²) in [6.45, 7) is 3.47. The van der Waals surface area contributed by atoms with E-state index < -0.39 is 23.9 Å². The molecule has 1 aromatic heterocycles. The van der Waals surface area contributed by atoms with E-state index in [-0.39, 0.29) is 29.2 Å². The minimum atomic E-state index is -4.92. The summed E-state index contributed by atoms with van der Waals surface area (Å²) in [5.74, 6) is -2.13.